The second kappa shape index (κ2) is 10.4. The van der Waals surface area contributed by atoms with E-state index in [2.05, 4.69) is 0 Å². The summed E-state index contributed by atoms with van der Waals surface area (Å²) in [4.78, 5) is 33.4. The van der Waals surface area contributed by atoms with Crippen LogP contribution >= 0.6 is 23.2 Å². The van der Waals surface area contributed by atoms with Crippen molar-refractivity contribution in [3.63, 3.8) is 0 Å². The molecule has 7 nitrogen and oxygen atoms in total. The quantitative estimate of drug-likeness (QED) is 0.326. The number of hydrogen-bond donors (Lipinski definition) is 0. The number of aromatic nitrogens is 2. The van der Waals surface area contributed by atoms with Gasteiger partial charge >= 0.3 is 0 Å². The van der Waals surface area contributed by atoms with Gasteiger partial charge < -0.3 is 14.1 Å². The lowest BCUT2D eigenvalue weighted by Gasteiger charge is -2.30. The second-order valence-corrected chi connectivity index (χ2v) is 8.59. The maximum Gasteiger partial charge on any atom is 0.261 e. The van der Waals surface area contributed by atoms with Crippen LogP contribution in [0.25, 0.3) is 10.9 Å². The molecule has 4 aromatic rings. The number of furan rings is 1. The molecule has 0 aliphatic carbocycles. The van der Waals surface area contributed by atoms with Gasteiger partial charge in [-0.25, -0.2) is 4.98 Å². The highest BCUT2D eigenvalue weighted by molar-refractivity contribution is 6.36. The van der Waals surface area contributed by atoms with Crippen molar-refractivity contribution in [1.82, 2.24) is 14.5 Å². The summed E-state index contributed by atoms with van der Waals surface area (Å²) in [5, 5.41) is 1.16. The monoisotopic (exact) mass is 499 g/mol. The van der Waals surface area contributed by atoms with E-state index in [-0.39, 0.29) is 35.1 Å². The molecule has 0 N–H and O–H groups in total. The van der Waals surface area contributed by atoms with E-state index >= 15 is 0 Å². The number of hydrogen-bond acceptors (Lipinski definition) is 5. The zero-order chi connectivity index (χ0) is 24.2. The van der Waals surface area contributed by atoms with E-state index in [0.29, 0.717) is 34.1 Å². The molecule has 0 radical (unpaired) electrons. The van der Waals surface area contributed by atoms with E-state index in [1.807, 2.05) is 13.0 Å². The zero-order valence-electron chi connectivity index (χ0n) is 18.7. The Morgan fingerprint density at radius 2 is 1.97 bits per heavy atom. The van der Waals surface area contributed by atoms with Crippen molar-refractivity contribution in [3.05, 3.63) is 98.4 Å². The molecule has 1 amide bonds. The highest BCUT2D eigenvalue weighted by Crippen LogP contribution is 2.28. The fourth-order valence-electron chi connectivity index (χ4n) is 3.81. The van der Waals surface area contributed by atoms with Crippen LogP contribution in [0.3, 0.4) is 0 Å². The standard InChI is InChI=1S/C25H23Cl2N3O4/c1-16(23-28-22-8-4-3-7-20(22)25(32)29(23)11-13-33-2)30(15-18-6-5-12-34-18)24(31)19-10-9-17(26)14-21(19)27/h3-10,12,14,16H,11,13,15H2,1-2H3. The third-order valence-electron chi connectivity index (χ3n) is 5.58. The molecule has 0 aliphatic rings. The summed E-state index contributed by atoms with van der Waals surface area (Å²) in [7, 11) is 1.57. The molecule has 0 saturated heterocycles. The molecule has 176 valence electrons. The van der Waals surface area contributed by atoms with Gasteiger partial charge in [-0.1, -0.05) is 35.3 Å². The summed E-state index contributed by atoms with van der Waals surface area (Å²) < 4.78 is 12.3. The number of carbonyl (C=O) groups is 1. The SMILES string of the molecule is COCCn1c(C(C)N(Cc2ccco2)C(=O)c2ccc(Cl)cc2Cl)nc2ccccc2c1=O. The van der Waals surface area contributed by atoms with E-state index in [0.717, 1.165) is 0 Å². The van der Waals surface area contributed by atoms with E-state index in [9.17, 15) is 9.59 Å². The Morgan fingerprint density at radius 3 is 2.68 bits per heavy atom. The first-order valence-corrected chi connectivity index (χ1v) is 11.4. The predicted molar refractivity (Wildman–Crippen MR) is 131 cm³/mol. The van der Waals surface area contributed by atoms with Gasteiger partial charge in [-0.15, -0.1) is 0 Å². The van der Waals surface area contributed by atoms with Gasteiger partial charge in [-0.2, -0.15) is 0 Å². The molecular weight excluding hydrogens is 477 g/mol. The van der Waals surface area contributed by atoms with E-state index in [1.54, 1.807) is 65.3 Å². The van der Waals surface area contributed by atoms with Crippen LogP contribution in [0.1, 0.15) is 34.9 Å². The molecule has 0 fully saturated rings. The molecule has 9 heteroatoms. The summed E-state index contributed by atoms with van der Waals surface area (Å²) in [6.07, 6.45) is 1.54. The van der Waals surface area contributed by atoms with E-state index in [4.69, 9.17) is 37.3 Å². The molecule has 1 unspecified atom stereocenters. The Balaban J connectivity index is 1.84. The summed E-state index contributed by atoms with van der Waals surface area (Å²) >= 11 is 12.4. The first kappa shape index (κ1) is 24.0. The van der Waals surface area contributed by atoms with Gasteiger partial charge in [0.1, 0.15) is 11.6 Å². The lowest BCUT2D eigenvalue weighted by atomic mass is 10.1. The van der Waals surface area contributed by atoms with Crippen LogP contribution in [0.15, 0.2) is 70.1 Å². The van der Waals surface area contributed by atoms with Crippen LogP contribution in [0.2, 0.25) is 10.0 Å². The number of ether oxygens (including phenoxy) is 1. The number of carbonyl (C=O) groups excluding carboxylic acids is 1. The van der Waals surface area contributed by atoms with Crippen molar-refractivity contribution in [2.24, 2.45) is 0 Å². The Labute approximate surface area is 206 Å². The number of fused-ring (bicyclic) bond motifs is 1. The Morgan fingerprint density at radius 1 is 1.18 bits per heavy atom. The van der Waals surface area contributed by atoms with Gasteiger partial charge in [0.05, 0.1) is 53.5 Å². The second-order valence-electron chi connectivity index (χ2n) is 7.75. The van der Waals surface area contributed by atoms with Crippen molar-refractivity contribution >= 4 is 40.0 Å². The molecule has 1 atom stereocenters. The number of amides is 1. The third-order valence-corrected chi connectivity index (χ3v) is 6.13. The molecule has 4 rings (SSSR count). The maximum absolute atomic E-state index is 13.7. The number of nitrogens with zero attached hydrogens (tertiary/aromatic N) is 3. The average molecular weight is 500 g/mol. The van der Waals surface area contributed by atoms with Crippen molar-refractivity contribution in [2.45, 2.75) is 26.1 Å². The van der Waals surface area contributed by atoms with Crippen LogP contribution in [0, 0.1) is 0 Å². The van der Waals surface area contributed by atoms with Crippen molar-refractivity contribution in [3.8, 4) is 0 Å². The van der Waals surface area contributed by atoms with Crippen LogP contribution < -0.4 is 5.56 Å². The van der Waals surface area contributed by atoms with Gasteiger partial charge in [0.25, 0.3) is 11.5 Å². The van der Waals surface area contributed by atoms with Gasteiger partial charge in [0, 0.05) is 12.1 Å². The first-order chi connectivity index (χ1) is 16.4. The minimum absolute atomic E-state index is 0.152. The van der Waals surface area contributed by atoms with Gasteiger partial charge in [-0.3, -0.25) is 14.2 Å². The van der Waals surface area contributed by atoms with Gasteiger partial charge in [-0.05, 0) is 49.4 Å². The summed E-state index contributed by atoms with van der Waals surface area (Å²) in [6, 6.07) is 14.8. The van der Waals surface area contributed by atoms with Crippen molar-refractivity contribution in [1.29, 1.82) is 0 Å². The highest BCUT2D eigenvalue weighted by atomic mass is 35.5. The molecule has 2 heterocycles. The lowest BCUT2D eigenvalue weighted by molar-refractivity contribution is 0.0644. The molecule has 0 spiro atoms. The molecule has 2 aromatic carbocycles. The lowest BCUT2D eigenvalue weighted by Crippen LogP contribution is -2.38. The number of para-hydroxylation sites is 1. The van der Waals surface area contributed by atoms with Crippen molar-refractivity contribution in [2.75, 3.05) is 13.7 Å². The smallest absolute Gasteiger partial charge is 0.261 e. The number of methoxy groups -OCH3 is 1. The number of rotatable bonds is 8. The molecule has 34 heavy (non-hydrogen) atoms. The first-order valence-electron chi connectivity index (χ1n) is 10.7. The fourth-order valence-corrected chi connectivity index (χ4v) is 4.30. The van der Waals surface area contributed by atoms with Crippen LogP contribution in [0.5, 0.6) is 0 Å². The summed E-state index contributed by atoms with van der Waals surface area (Å²) in [5.41, 5.74) is 0.647. The molecule has 2 aromatic heterocycles. The number of halogens is 2. The van der Waals surface area contributed by atoms with Crippen LogP contribution in [-0.2, 0) is 17.8 Å². The molecular formula is C25H23Cl2N3O4. The fraction of sp³-hybridized carbons (Fsp3) is 0.240. The maximum atomic E-state index is 13.7. The molecule has 0 bridgehead atoms. The Bertz CT molecular complexity index is 1370. The predicted octanol–water partition coefficient (Wildman–Crippen LogP) is 5.35. The van der Waals surface area contributed by atoms with Crippen molar-refractivity contribution < 1.29 is 13.9 Å². The largest absolute Gasteiger partial charge is 0.467 e. The minimum Gasteiger partial charge on any atom is -0.467 e. The zero-order valence-corrected chi connectivity index (χ0v) is 20.2. The molecule has 0 saturated carbocycles. The topological polar surface area (TPSA) is 77.6 Å². The van der Waals surface area contributed by atoms with Gasteiger partial charge in [0.15, 0.2) is 0 Å². The van der Waals surface area contributed by atoms with E-state index < -0.39 is 6.04 Å². The van der Waals surface area contributed by atoms with Gasteiger partial charge in [0.2, 0.25) is 0 Å². The minimum atomic E-state index is -0.599. The third kappa shape index (κ3) is 4.87. The van der Waals surface area contributed by atoms with Crippen LogP contribution in [0.4, 0.5) is 0 Å². The van der Waals surface area contributed by atoms with E-state index in [1.165, 1.54) is 6.07 Å². The number of benzene rings is 2. The Kier molecular flexibility index (Phi) is 7.36. The Hall–Kier alpha value is -3.13. The van der Waals surface area contributed by atoms with Crippen LogP contribution in [-0.4, -0.2) is 34.1 Å². The summed E-state index contributed by atoms with van der Waals surface area (Å²) in [6.45, 7) is 2.58. The normalized spacial score (nSPS) is 12.1. The molecule has 0 aliphatic heterocycles. The highest BCUT2D eigenvalue weighted by Gasteiger charge is 2.29. The average Bonchev–Trinajstić information content (AvgIpc) is 3.34. The summed E-state index contributed by atoms with van der Waals surface area (Å²) in [5.74, 6) is 0.675.